The van der Waals surface area contributed by atoms with Crippen molar-refractivity contribution in [3.05, 3.63) is 29.8 Å². The molecule has 0 aliphatic carbocycles. The number of aromatic carboxylic acids is 1. The second-order valence-corrected chi connectivity index (χ2v) is 5.53. The number of hydrogen-bond donors (Lipinski definition) is 1. The lowest BCUT2D eigenvalue weighted by Gasteiger charge is -2.08. The smallest absolute Gasteiger partial charge is 0.335 e. The highest BCUT2D eigenvalue weighted by Crippen LogP contribution is 2.19. The van der Waals surface area contributed by atoms with Gasteiger partial charge >= 0.3 is 5.97 Å². The molecule has 0 saturated carbocycles. The van der Waals surface area contributed by atoms with Crippen LogP contribution in [-0.2, 0) is 9.84 Å². The van der Waals surface area contributed by atoms with Crippen molar-refractivity contribution in [3.8, 4) is 6.07 Å². The predicted molar refractivity (Wildman–Crippen MR) is 60.3 cm³/mol. The van der Waals surface area contributed by atoms with Crippen LogP contribution in [0.5, 0.6) is 0 Å². The number of hydrogen-bond acceptors (Lipinski definition) is 4. The van der Waals surface area contributed by atoms with Gasteiger partial charge in [0, 0.05) is 0 Å². The van der Waals surface area contributed by atoms with Gasteiger partial charge in [0.2, 0.25) is 0 Å². The van der Waals surface area contributed by atoms with Crippen LogP contribution < -0.4 is 0 Å². The standard InChI is InChI=1S/C11H11NO4S/c1-2-9(7-12)17(15,16)10-5-3-4-8(6-10)11(13)14/h3-6,9H,2H2,1H3,(H,13,14). The topological polar surface area (TPSA) is 95.2 Å². The third kappa shape index (κ3) is 2.63. The van der Waals surface area contributed by atoms with Crippen molar-refractivity contribution in [1.29, 1.82) is 5.26 Å². The Labute approximate surface area is 99.2 Å². The Morgan fingerprint density at radius 3 is 2.65 bits per heavy atom. The number of rotatable bonds is 4. The van der Waals surface area contributed by atoms with Crippen molar-refractivity contribution in [2.24, 2.45) is 0 Å². The largest absolute Gasteiger partial charge is 0.478 e. The molecule has 0 aromatic heterocycles. The molecule has 0 radical (unpaired) electrons. The first-order valence-corrected chi connectivity index (χ1v) is 6.45. The van der Waals surface area contributed by atoms with E-state index < -0.39 is 21.1 Å². The summed E-state index contributed by atoms with van der Waals surface area (Å²) < 4.78 is 23.9. The van der Waals surface area contributed by atoms with Crippen LogP contribution in [0.3, 0.4) is 0 Å². The van der Waals surface area contributed by atoms with Crippen molar-refractivity contribution >= 4 is 15.8 Å². The van der Waals surface area contributed by atoms with Gasteiger partial charge in [0.15, 0.2) is 15.1 Å². The minimum absolute atomic E-state index is 0.112. The average Bonchev–Trinajstić information content (AvgIpc) is 2.30. The minimum Gasteiger partial charge on any atom is -0.478 e. The fourth-order valence-corrected chi connectivity index (χ4v) is 2.82. The van der Waals surface area contributed by atoms with Crippen LogP contribution >= 0.6 is 0 Å². The van der Waals surface area contributed by atoms with E-state index in [0.717, 1.165) is 6.07 Å². The molecule has 6 heteroatoms. The zero-order valence-corrected chi connectivity index (χ0v) is 9.94. The van der Waals surface area contributed by atoms with Crippen LogP contribution in [0.2, 0.25) is 0 Å². The molecule has 1 unspecified atom stereocenters. The molecule has 0 fully saturated rings. The third-order valence-corrected chi connectivity index (χ3v) is 4.40. The average molecular weight is 253 g/mol. The lowest BCUT2D eigenvalue weighted by molar-refractivity contribution is 0.0696. The Balaban J connectivity index is 3.30. The maximum atomic E-state index is 12.0. The Kier molecular flexibility index (Phi) is 3.86. The Bertz CT molecular complexity index is 571. The van der Waals surface area contributed by atoms with Crippen molar-refractivity contribution in [3.63, 3.8) is 0 Å². The molecule has 17 heavy (non-hydrogen) atoms. The maximum absolute atomic E-state index is 12.0. The molecule has 0 amide bonds. The van der Waals surface area contributed by atoms with Crippen LogP contribution in [0.25, 0.3) is 0 Å². The molecule has 0 saturated heterocycles. The first kappa shape index (κ1) is 13.2. The number of benzene rings is 1. The van der Waals surface area contributed by atoms with Crippen LogP contribution in [0.1, 0.15) is 23.7 Å². The number of carbonyl (C=O) groups is 1. The molecule has 0 aliphatic heterocycles. The Morgan fingerprint density at radius 1 is 1.53 bits per heavy atom. The van der Waals surface area contributed by atoms with Crippen LogP contribution in [0.15, 0.2) is 29.2 Å². The summed E-state index contributed by atoms with van der Waals surface area (Å²) >= 11 is 0. The monoisotopic (exact) mass is 253 g/mol. The van der Waals surface area contributed by atoms with E-state index in [4.69, 9.17) is 10.4 Å². The number of sulfone groups is 1. The van der Waals surface area contributed by atoms with Gasteiger partial charge in [0.05, 0.1) is 16.5 Å². The molecule has 90 valence electrons. The second-order valence-electron chi connectivity index (χ2n) is 3.40. The van der Waals surface area contributed by atoms with Crippen molar-refractivity contribution in [2.45, 2.75) is 23.5 Å². The van der Waals surface area contributed by atoms with E-state index in [0.29, 0.717) is 0 Å². The Morgan fingerprint density at radius 2 is 2.18 bits per heavy atom. The summed E-state index contributed by atoms with van der Waals surface area (Å²) in [5.41, 5.74) is -0.112. The highest BCUT2D eigenvalue weighted by atomic mass is 32.2. The molecule has 0 spiro atoms. The summed E-state index contributed by atoms with van der Waals surface area (Å²) in [7, 11) is -3.78. The Hall–Kier alpha value is -1.87. The van der Waals surface area contributed by atoms with E-state index in [-0.39, 0.29) is 16.9 Å². The zero-order valence-electron chi connectivity index (χ0n) is 9.12. The van der Waals surface area contributed by atoms with Gasteiger partial charge in [-0.2, -0.15) is 5.26 Å². The third-order valence-electron chi connectivity index (χ3n) is 2.30. The lowest BCUT2D eigenvalue weighted by Crippen LogP contribution is -2.19. The predicted octanol–water partition coefficient (Wildman–Crippen LogP) is 1.46. The van der Waals surface area contributed by atoms with Crippen molar-refractivity contribution < 1.29 is 18.3 Å². The van der Waals surface area contributed by atoms with Crippen LogP contribution in [0, 0.1) is 11.3 Å². The maximum Gasteiger partial charge on any atom is 0.335 e. The van der Waals surface area contributed by atoms with Gasteiger partial charge in [-0.25, -0.2) is 13.2 Å². The van der Waals surface area contributed by atoms with Gasteiger partial charge in [0.1, 0.15) is 0 Å². The van der Waals surface area contributed by atoms with Crippen LogP contribution in [0.4, 0.5) is 0 Å². The highest BCUT2D eigenvalue weighted by Gasteiger charge is 2.26. The van der Waals surface area contributed by atoms with Crippen LogP contribution in [-0.4, -0.2) is 24.7 Å². The molecule has 0 heterocycles. The van der Waals surface area contributed by atoms with E-state index in [9.17, 15) is 13.2 Å². The summed E-state index contributed by atoms with van der Waals surface area (Å²) in [6, 6.07) is 6.71. The fourth-order valence-electron chi connectivity index (χ4n) is 1.35. The number of nitrogens with zero attached hydrogens (tertiary/aromatic N) is 1. The minimum atomic E-state index is -3.78. The van der Waals surface area contributed by atoms with Gasteiger partial charge in [0.25, 0.3) is 0 Å². The molecular formula is C11H11NO4S. The summed E-state index contributed by atoms with van der Waals surface area (Å²) in [6.45, 7) is 1.59. The van der Waals surface area contributed by atoms with E-state index >= 15 is 0 Å². The lowest BCUT2D eigenvalue weighted by atomic mass is 10.2. The molecule has 1 aromatic rings. The van der Waals surface area contributed by atoms with Gasteiger partial charge in [-0.1, -0.05) is 13.0 Å². The molecule has 5 nitrogen and oxygen atoms in total. The number of carboxylic acid groups (broad SMARTS) is 1. The molecule has 1 rings (SSSR count). The van der Waals surface area contributed by atoms with Gasteiger partial charge in [-0.15, -0.1) is 0 Å². The van der Waals surface area contributed by atoms with Crippen molar-refractivity contribution in [1.82, 2.24) is 0 Å². The molecule has 0 aliphatic rings. The second kappa shape index (κ2) is 4.97. The molecular weight excluding hydrogens is 242 g/mol. The van der Waals surface area contributed by atoms with Gasteiger partial charge in [-0.3, -0.25) is 0 Å². The van der Waals surface area contributed by atoms with E-state index in [1.165, 1.54) is 18.2 Å². The summed E-state index contributed by atoms with van der Waals surface area (Å²) in [5.74, 6) is -1.20. The van der Waals surface area contributed by atoms with Gasteiger partial charge < -0.3 is 5.11 Å². The zero-order chi connectivity index (χ0) is 13.1. The summed E-state index contributed by atoms with van der Waals surface area (Å²) in [6.07, 6.45) is 0.163. The first-order valence-electron chi connectivity index (χ1n) is 4.90. The highest BCUT2D eigenvalue weighted by molar-refractivity contribution is 7.92. The summed E-state index contributed by atoms with van der Waals surface area (Å²) in [5, 5.41) is 16.4. The van der Waals surface area contributed by atoms with E-state index in [2.05, 4.69) is 0 Å². The van der Waals surface area contributed by atoms with Gasteiger partial charge in [-0.05, 0) is 24.6 Å². The van der Waals surface area contributed by atoms with Crippen molar-refractivity contribution in [2.75, 3.05) is 0 Å². The molecule has 1 atom stereocenters. The molecule has 1 aromatic carbocycles. The quantitative estimate of drug-likeness (QED) is 0.876. The summed E-state index contributed by atoms with van der Waals surface area (Å²) in [4.78, 5) is 10.6. The molecule has 0 bridgehead atoms. The number of nitriles is 1. The number of carboxylic acids is 1. The fraction of sp³-hybridized carbons (Fsp3) is 0.273. The SMILES string of the molecule is CCC(C#N)S(=O)(=O)c1cccc(C(=O)O)c1. The van der Waals surface area contributed by atoms with E-state index in [1.807, 2.05) is 0 Å². The molecule has 1 N–H and O–H groups in total. The van der Waals surface area contributed by atoms with E-state index in [1.54, 1.807) is 13.0 Å². The normalized spacial score (nSPS) is 12.7. The first-order chi connectivity index (χ1) is 7.93.